The van der Waals surface area contributed by atoms with Crippen LogP contribution in [0.3, 0.4) is 0 Å². The molecule has 0 radical (unpaired) electrons. The van der Waals surface area contributed by atoms with Crippen LogP contribution < -0.4 is 9.88 Å². The van der Waals surface area contributed by atoms with Crippen molar-refractivity contribution >= 4 is 27.8 Å². The molecule has 1 aliphatic rings. The molecule has 0 saturated heterocycles. The summed E-state index contributed by atoms with van der Waals surface area (Å²) < 4.78 is 31.8. The fourth-order valence-electron chi connectivity index (χ4n) is 3.95. The Labute approximate surface area is 197 Å². The summed E-state index contributed by atoms with van der Waals surface area (Å²) in [7, 11) is -3.91. The van der Waals surface area contributed by atoms with E-state index in [-0.39, 0.29) is 12.0 Å². The number of aromatic nitrogens is 2. The second kappa shape index (κ2) is 9.39. The van der Waals surface area contributed by atoms with Gasteiger partial charge in [0.1, 0.15) is 21.8 Å². The lowest BCUT2D eigenvalue weighted by atomic mass is 9.81. The Morgan fingerprint density at radius 3 is 2.79 bits per heavy atom. The molecule has 1 aliphatic carbocycles. The highest BCUT2D eigenvalue weighted by Crippen LogP contribution is 2.39. The minimum absolute atomic E-state index is 0.0285. The molecule has 1 aromatic heterocycles. The minimum atomic E-state index is -3.91. The highest BCUT2D eigenvalue weighted by atomic mass is 32.2. The number of ether oxygens (including phenoxy) is 1. The van der Waals surface area contributed by atoms with Crippen LogP contribution in [0.2, 0.25) is 0 Å². The average Bonchev–Trinajstić information content (AvgIpc) is 3.26. The van der Waals surface area contributed by atoms with E-state index in [1.165, 1.54) is 17.6 Å². The van der Waals surface area contributed by atoms with Gasteiger partial charge < -0.3 is 4.74 Å². The van der Waals surface area contributed by atoms with Crippen LogP contribution in [0, 0.1) is 11.3 Å². The van der Waals surface area contributed by atoms with Crippen molar-refractivity contribution in [2.24, 2.45) is 9.54 Å². The van der Waals surface area contributed by atoms with Crippen molar-refractivity contribution in [2.75, 3.05) is 0 Å². The molecule has 0 aliphatic heterocycles. The molecule has 1 atom stereocenters. The first-order chi connectivity index (χ1) is 15.7. The van der Waals surface area contributed by atoms with E-state index in [2.05, 4.69) is 20.7 Å². The van der Waals surface area contributed by atoms with Gasteiger partial charge in [0, 0.05) is 23.3 Å². The molecule has 0 bridgehead atoms. The van der Waals surface area contributed by atoms with Crippen LogP contribution in [0.4, 0.5) is 0 Å². The molecule has 4 rings (SSSR count). The summed E-state index contributed by atoms with van der Waals surface area (Å²) in [5.74, 6) is 0.427. The van der Waals surface area contributed by atoms with Crippen LogP contribution in [0.1, 0.15) is 49.3 Å². The van der Waals surface area contributed by atoms with Crippen LogP contribution in [0.25, 0.3) is 21.1 Å². The Bertz CT molecular complexity index is 1360. The predicted octanol–water partition coefficient (Wildman–Crippen LogP) is 4.23. The second-order valence-corrected chi connectivity index (χ2v) is 10.3. The maximum absolute atomic E-state index is 11.3. The molecular formula is C23H23N5O3S2. The summed E-state index contributed by atoms with van der Waals surface area (Å²) >= 11 is 1.45. The standard InChI is InChI=1S/C23H23N5O3S2/c1-14(2)31-21-10-9-15(11-17(21)12-24)22-27-28-23(32-22)20-8-4-6-18-16(5-3-7-19(18)20)13-26-33(25,29)30/h4,6,8-11,13-14,16H,3,5,7H2,1-2H3,(H2,25,29,30). The molecule has 10 heteroatoms. The zero-order valence-corrected chi connectivity index (χ0v) is 19.9. The maximum atomic E-state index is 11.3. The largest absolute Gasteiger partial charge is 0.490 e. The number of nitrogens with zero attached hydrogens (tertiary/aromatic N) is 4. The van der Waals surface area contributed by atoms with Crippen molar-refractivity contribution in [3.8, 4) is 33.0 Å². The molecule has 2 N–H and O–H groups in total. The number of nitriles is 1. The van der Waals surface area contributed by atoms with Crippen molar-refractivity contribution in [2.45, 2.75) is 45.1 Å². The molecule has 2 aromatic carbocycles. The van der Waals surface area contributed by atoms with Crippen LogP contribution in [-0.2, 0) is 16.6 Å². The van der Waals surface area contributed by atoms with E-state index in [0.717, 1.165) is 46.5 Å². The quantitative estimate of drug-likeness (QED) is 0.524. The van der Waals surface area contributed by atoms with Crippen molar-refractivity contribution in [3.05, 3.63) is 53.1 Å². The molecule has 33 heavy (non-hydrogen) atoms. The van der Waals surface area contributed by atoms with Gasteiger partial charge in [-0.25, -0.2) is 5.14 Å². The van der Waals surface area contributed by atoms with Gasteiger partial charge in [0.2, 0.25) is 0 Å². The molecule has 0 amide bonds. The Kier molecular flexibility index (Phi) is 6.56. The summed E-state index contributed by atoms with van der Waals surface area (Å²) in [6.07, 6.45) is 3.96. The smallest absolute Gasteiger partial charge is 0.316 e. The van der Waals surface area contributed by atoms with E-state index < -0.39 is 10.2 Å². The first-order valence-electron chi connectivity index (χ1n) is 10.5. The first-order valence-corrected chi connectivity index (χ1v) is 12.8. The fraction of sp³-hybridized carbons (Fsp3) is 0.304. The van der Waals surface area contributed by atoms with Crippen molar-refractivity contribution < 1.29 is 13.2 Å². The van der Waals surface area contributed by atoms with Crippen molar-refractivity contribution in [1.29, 1.82) is 5.26 Å². The van der Waals surface area contributed by atoms with E-state index >= 15 is 0 Å². The molecule has 3 aromatic rings. The summed E-state index contributed by atoms with van der Waals surface area (Å²) in [5, 5.41) is 24.8. The van der Waals surface area contributed by atoms with E-state index in [9.17, 15) is 13.7 Å². The van der Waals surface area contributed by atoms with E-state index in [1.54, 1.807) is 12.1 Å². The van der Waals surface area contributed by atoms with Gasteiger partial charge in [0.15, 0.2) is 0 Å². The maximum Gasteiger partial charge on any atom is 0.316 e. The minimum Gasteiger partial charge on any atom is -0.490 e. The topological polar surface area (TPSA) is 131 Å². The van der Waals surface area contributed by atoms with Gasteiger partial charge in [-0.2, -0.15) is 18.1 Å². The average molecular weight is 482 g/mol. The Morgan fingerprint density at radius 2 is 2.06 bits per heavy atom. The Balaban J connectivity index is 1.68. The highest BCUT2D eigenvalue weighted by molar-refractivity contribution is 7.87. The number of fused-ring (bicyclic) bond motifs is 1. The number of benzene rings is 2. The normalized spacial score (nSPS) is 16.0. The predicted molar refractivity (Wildman–Crippen MR) is 129 cm³/mol. The highest BCUT2D eigenvalue weighted by Gasteiger charge is 2.23. The number of hydrogen-bond acceptors (Lipinski definition) is 7. The van der Waals surface area contributed by atoms with Gasteiger partial charge in [-0.1, -0.05) is 29.5 Å². The van der Waals surface area contributed by atoms with Crippen molar-refractivity contribution in [3.63, 3.8) is 0 Å². The van der Waals surface area contributed by atoms with Gasteiger partial charge in [-0.3, -0.25) is 0 Å². The summed E-state index contributed by atoms with van der Waals surface area (Å²) in [6.45, 7) is 3.83. The zero-order valence-electron chi connectivity index (χ0n) is 18.2. The lowest BCUT2D eigenvalue weighted by molar-refractivity contribution is 0.242. The van der Waals surface area contributed by atoms with Gasteiger partial charge >= 0.3 is 10.2 Å². The molecule has 8 nitrogen and oxygen atoms in total. The van der Waals surface area contributed by atoms with Gasteiger partial charge in [0.25, 0.3) is 0 Å². The second-order valence-electron chi connectivity index (χ2n) is 8.04. The lowest BCUT2D eigenvalue weighted by Gasteiger charge is -2.24. The zero-order chi connectivity index (χ0) is 23.6. The molecule has 0 fully saturated rings. The Morgan fingerprint density at radius 1 is 1.27 bits per heavy atom. The third-order valence-electron chi connectivity index (χ3n) is 5.31. The molecule has 0 saturated carbocycles. The molecule has 1 unspecified atom stereocenters. The van der Waals surface area contributed by atoms with Gasteiger partial charge in [-0.15, -0.1) is 10.2 Å². The van der Waals surface area contributed by atoms with Crippen LogP contribution >= 0.6 is 11.3 Å². The molecule has 0 spiro atoms. The van der Waals surface area contributed by atoms with Crippen LogP contribution in [0.15, 0.2) is 40.8 Å². The summed E-state index contributed by atoms with van der Waals surface area (Å²) in [5.41, 5.74) is 4.38. The Hall–Kier alpha value is -3.13. The lowest BCUT2D eigenvalue weighted by Crippen LogP contribution is -2.14. The first kappa shape index (κ1) is 23.0. The molecular weight excluding hydrogens is 458 g/mol. The fourth-order valence-corrected chi connectivity index (χ4v) is 5.16. The van der Waals surface area contributed by atoms with E-state index in [0.29, 0.717) is 16.3 Å². The van der Waals surface area contributed by atoms with Crippen molar-refractivity contribution in [1.82, 2.24) is 10.2 Å². The van der Waals surface area contributed by atoms with Gasteiger partial charge in [0.05, 0.1) is 11.7 Å². The molecule has 170 valence electrons. The monoisotopic (exact) mass is 481 g/mol. The van der Waals surface area contributed by atoms with Crippen LogP contribution in [-0.4, -0.2) is 30.9 Å². The van der Waals surface area contributed by atoms with E-state index in [1.807, 2.05) is 38.1 Å². The SMILES string of the molecule is CC(C)Oc1ccc(-c2nnc(-c3cccc4c3CCCC4C=NS(N)(=O)=O)s2)cc1C#N. The third kappa shape index (κ3) is 5.27. The third-order valence-corrected chi connectivity index (χ3v) is 6.73. The number of rotatable bonds is 6. The number of hydrogen-bond donors (Lipinski definition) is 1. The molecule has 1 heterocycles. The number of nitrogens with two attached hydrogens (primary N) is 1. The van der Waals surface area contributed by atoms with E-state index in [4.69, 9.17) is 9.88 Å². The summed E-state index contributed by atoms with van der Waals surface area (Å²) in [4.78, 5) is 0. The summed E-state index contributed by atoms with van der Waals surface area (Å²) in [6, 6.07) is 13.5. The van der Waals surface area contributed by atoms with Crippen LogP contribution in [0.5, 0.6) is 5.75 Å². The van der Waals surface area contributed by atoms with Gasteiger partial charge in [-0.05, 0) is 62.4 Å².